The van der Waals surface area contributed by atoms with Crippen LogP contribution in [-0.2, 0) is 17.1 Å². The number of ether oxygens (including phenoxy) is 3. The van der Waals surface area contributed by atoms with Gasteiger partial charge in [0.2, 0.25) is 0 Å². The zero-order valence-electron chi connectivity index (χ0n) is 15.8. The zero-order chi connectivity index (χ0) is 19.6. The molecule has 1 saturated heterocycles. The van der Waals surface area contributed by atoms with Gasteiger partial charge >= 0.3 is 0 Å². The average molecular weight is 396 g/mol. The summed E-state index contributed by atoms with van der Waals surface area (Å²) in [5, 5.41) is 3.24. The SMILES string of the molecule is COc1cc(OC)c(S(=O)(=O)N2CCNCC2c2nccn2C)c(OC)c1. The van der Waals surface area contributed by atoms with E-state index in [2.05, 4.69) is 10.3 Å². The predicted octanol–water partition coefficient (Wildman–Crippen LogP) is 0.781. The van der Waals surface area contributed by atoms with Gasteiger partial charge in [0.25, 0.3) is 10.0 Å². The first-order valence-corrected chi connectivity index (χ1v) is 9.87. The third-order valence-electron chi connectivity index (χ3n) is 4.59. The van der Waals surface area contributed by atoms with E-state index in [1.165, 1.54) is 37.8 Å². The van der Waals surface area contributed by atoms with Gasteiger partial charge in [-0.15, -0.1) is 0 Å². The number of aryl methyl sites for hydroxylation is 1. The summed E-state index contributed by atoms with van der Waals surface area (Å²) in [5.74, 6) is 1.45. The van der Waals surface area contributed by atoms with Crippen LogP contribution in [-0.4, -0.2) is 63.2 Å². The number of rotatable bonds is 6. The standard InChI is InChI=1S/C17H24N4O5S/c1-20-7-6-19-17(20)13-11-18-5-8-21(13)27(22,23)16-14(25-3)9-12(24-2)10-15(16)26-4/h6-7,9-10,13,18H,5,8,11H2,1-4H3. The molecular weight excluding hydrogens is 372 g/mol. The Balaban J connectivity index is 2.13. The molecule has 1 atom stereocenters. The van der Waals surface area contributed by atoms with Gasteiger partial charge in [-0.25, -0.2) is 13.4 Å². The smallest absolute Gasteiger partial charge is 0.251 e. The van der Waals surface area contributed by atoms with Crippen LogP contribution < -0.4 is 19.5 Å². The third-order valence-corrected chi connectivity index (χ3v) is 6.56. The Morgan fingerprint density at radius 3 is 2.33 bits per heavy atom. The summed E-state index contributed by atoms with van der Waals surface area (Å²) in [6.07, 6.45) is 3.45. The van der Waals surface area contributed by atoms with E-state index in [0.29, 0.717) is 31.2 Å². The van der Waals surface area contributed by atoms with Crippen LogP contribution in [0.3, 0.4) is 0 Å². The molecule has 1 aliphatic heterocycles. The molecule has 3 rings (SSSR count). The molecule has 0 bridgehead atoms. The lowest BCUT2D eigenvalue weighted by molar-refractivity contribution is 0.256. The lowest BCUT2D eigenvalue weighted by Crippen LogP contribution is -2.49. The number of imidazole rings is 1. The Morgan fingerprint density at radius 2 is 1.81 bits per heavy atom. The van der Waals surface area contributed by atoms with Crippen LogP contribution in [0.5, 0.6) is 17.2 Å². The van der Waals surface area contributed by atoms with Gasteiger partial charge in [0.05, 0.1) is 27.4 Å². The molecule has 0 spiro atoms. The molecule has 0 amide bonds. The summed E-state index contributed by atoms with van der Waals surface area (Å²) >= 11 is 0. The Bertz CT molecular complexity index is 887. The summed E-state index contributed by atoms with van der Waals surface area (Å²) in [4.78, 5) is 4.32. The molecule has 1 fully saturated rings. The molecule has 27 heavy (non-hydrogen) atoms. The second-order valence-electron chi connectivity index (χ2n) is 6.09. The minimum atomic E-state index is -3.93. The van der Waals surface area contributed by atoms with Gasteiger partial charge in [-0.3, -0.25) is 0 Å². The lowest BCUT2D eigenvalue weighted by atomic mass is 10.2. The van der Waals surface area contributed by atoms with Crippen LogP contribution >= 0.6 is 0 Å². The number of sulfonamides is 1. The van der Waals surface area contributed by atoms with E-state index in [9.17, 15) is 8.42 Å². The van der Waals surface area contributed by atoms with E-state index in [0.717, 1.165) is 0 Å². The number of methoxy groups -OCH3 is 3. The van der Waals surface area contributed by atoms with E-state index < -0.39 is 16.1 Å². The van der Waals surface area contributed by atoms with Crippen LogP contribution in [0.25, 0.3) is 0 Å². The molecule has 1 aromatic heterocycles. The first-order valence-electron chi connectivity index (χ1n) is 8.43. The minimum Gasteiger partial charge on any atom is -0.496 e. The van der Waals surface area contributed by atoms with Crippen molar-refractivity contribution < 1.29 is 22.6 Å². The van der Waals surface area contributed by atoms with Crippen molar-refractivity contribution in [1.29, 1.82) is 0 Å². The number of benzene rings is 1. The molecule has 1 aromatic carbocycles. The van der Waals surface area contributed by atoms with Gasteiger partial charge in [0.1, 0.15) is 23.1 Å². The highest BCUT2D eigenvalue weighted by Gasteiger charge is 2.39. The minimum absolute atomic E-state index is 0.0191. The Kier molecular flexibility index (Phi) is 5.59. The van der Waals surface area contributed by atoms with Crippen LogP contribution in [0, 0.1) is 0 Å². The molecular formula is C17H24N4O5S. The van der Waals surface area contributed by atoms with Crippen molar-refractivity contribution in [3.63, 3.8) is 0 Å². The van der Waals surface area contributed by atoms with Crippen LogP contribution in [0.1, 0.15) is 11.9 Å². The molecule has 0 aliphatic carbocycles. The number of aromatic nitrogens is 2. The summed E-state index contributed by atoms with van der Waals surface area (Å²) in [6.45, 7) is 1.31. The Hall–Kier alpha value is -2.30. The normalized spacial score (nSPS) is 18.3. The fraction of sp³-hybridized carbons (Fsp3) is 0.471. The van der Waals surface area contributed by atoms with Gasteiger partial charge in [-0.05, 0) is 0 Å². The van der Waals surface area contributed by atoms with Crippen molar-refractivity contribution in [2.24, 2.45) is 7.05 Å². The Labute approximate surface area is 158 Å². The highest BCUT2D eigenvalue weighted by molar-refractivity contribution is 7.89. The molecule has 0 radical (unpaired) electrons. The van der Waals surface area contributed by atoms with Gasteiger partial charge < -0.3 is 24.1 Å². The van der Waals surface area contributed by atoms with E-state index in [4.69, 9.17) is 14.2 Å². The largest absolute Gasteiger partial charge is 0.496 e. The van der Waals surface area contributed by atoms with Crippen LogP contribution in [0.4, 0.5) is 0 Å². The van der Waals surface area contributed by atoms with Gasteiger partial charge in [-0.2, -0.15) is 4.31 Å². The second kappa shape index (κ2) is 7.75. The quantitative estimate of drug-likeness (QED) is 0.771. The van der Waals surface area contributed by atoms with E-state index in [-0.39, 0.29) is 16.4 Å². The molecule has 1 unspecified atom stereocenters. The summed E-state index contributed by atoms with van der Waals surface area (Å²) < 4.78 is 46.4. The molecule has 1 aliphatic rings. The summed E-state index contributed by atoms with van der Waals surface area (Å²) in [6, 6.07) is 2.63. The summed E-state index contributed by atoms with van der Waals surface area (Å²) in [7, 11) is 2.25. The maximum absolute atomic E-state index is 13.6. The molecule has 1 N–H and O–H groups in total. The number of nitrogens with one attached hydrogen (secondary N) is 1. The lowest BCUT2D eigenvalue weighted by Gasteiger charge is -2.35. The van der Waals surface area contributed by atoms with E-state index >= 15 is 0 Å². The molecule has 9 nitrogen and oxygen atoms in total. The number of nitrogens with zero attached hydrogens (tertiary/aromatic N) is 3. The number of piperazine rings is 1. The highest BCUT2D eigenvalue weighted by atomic mass is 32.2. The van der Waals surface area contributed by atoms with Crippen molar-refractivity contribution >= 4 is 10.0 Å². The van der Waals surface area contributed by atoms with Crippen LogP contribution in [0.2, 0.25) is 0 Å². The number of hydrogen-bond acceptors (Lipinski definition) is 7. The zero-order valence-corrected chi connectivity index (χ0v) is 16.6. The van der Waals surface area contributed by atoms with E-state index in [1.807, 2.05) is 11.6 Å². The van der Waals surface area contributed by atoms with Gasteiger partial charge in [0.15, 0.2) is 4.90 Å². The fourth-order valence-electron chi connectivity index (χ4n) is 3.24. The molecule has 2 aromatic rings. The molecule has 2 heterocycles. The first kappa shape index (κ1) is 19.5. The maximum atomic E-state index is 13.6. The number of hydrogen-bond donors (Lipinski definition) is 1. The van der Waals surface area contributed by atoms with Crippen molar-refractivity contribution in [2.75, 3.05) is 41.0 Å². The third kappa shape index (κ3) is 3.47. The molecule has 0 saturated carbocycles. The molecule has 148 valence electrons. The van der Waals surface area contributed by atoms with Crippen LogP contribution in [0.15, 0.2) is 29.4 Å². The van der Waals surface area contributed by atoms with Crippen molar-refractivity contribution in [2.45, 2.75) is 10.9 Å². The monoisotopic (exact) mass is 396 g/mol. The van der Waals surface area contributed by atoms with Crippen molar-refractivity contribution in [3.05, 3.63) is 30.4 Å². The van der Waals surface area contributed by atoms with E-state index in [1.54, 1.807) is 12.4 Å². The second-order valence-corrected chi connectivity index (χ2v) is 7.92. The average Bonchev–Trinajstić information content (AvgIpc) is 3.12. The van der Waals surface area contributed by atoms with Gasteiger partial charge in [0, 0.05) is 51.2 Å². The predicted molar refractivity (Wildman–Crippen MR) is 98.8 cm³/mol. The van der Waals surface area contributed by atoms with Gasteiger partial charge in [-0.1, -0.05) is 0 Å². The topological polar surface area (TPSA) is 94.9 Å². The maximum Gasteiger partial charge on any atom is 0.251 e. The fourth-order valence-corrected chi connectivity index (χ4v) is 5.10. The first-order chi connectivity index (χ1) is 12.9. The molecule has 10 heteroatoms. The Morgan fingerprint density at radius 1 is 1.15 bits per heavy atom. The summed E-state index contributed by atoms with van der Waals surface area (Å²) in [5.41, 5.74) is 0. The van der Waals surface area contributed by atoms with Crippen molar-refractivity contribution in [3.8, 4) is 17.2 Å². The highest BCUT2D eigenvalue weighted by Crippen LogP contribution is 2.41. The van der Waals surface area contributed by atoms with Crippen molar-refractivity contribution in [1.82, 2.24) is 19.2 Å².